The third kappa shape index (κ3) is 2.71. The Morgan fingerprint density at radius 3 is 2.92 bits per heavy atom. The molecule has 0 bridgehead atoms. The first-order valence-corrected chi connectivity index (χ1v) is 8.74. The summed E-state index contributed by atoms with van der Waals surface area (Å²) in [5.41, 5.74) is 1.94. The van der Waals surface area contributed by atoms with Crippen LogP contribution in [-0.2, 0) is 0 Å². The number of nitro groups is 1. The van der Waals surface area contributed by atoms with Crippen LogP contribution in [0.3, 0.4) is 0 Å². The van der Waals surface area contributed by atoms with Crippen molar-refractivity contribution < 1.29 is 4.92 Å². The van der Waals surface area contributed by atoms with Gasteiger partial charge in [0.15, 0.2) is 0 Å². The van der Waals surface area contributed by atoms with Crippen molar-refractivity contribution in [3.63, 3.8) is 0 Å². The summed E-state index contributed by atoms with van der Waals surface area (Å²) in [6.45, 7) is 2.06. The summed E-state index contributed by atoms with van der Waals surface area (Å²) < 4.78 is 0. The Labute approximate surface area is 142 Å². The maximum Gasteiger partial charge on any atom is 0.278 e. The van der Waals surface area contributed by atoms with E-state index in [2.05, 4.69) is 22.6 Å². The van der Waals surface area contributed by atoms with E-state index < -0.39 is 0 Å². The molecule has 1 saturated carbocycles. The Morgan fingerprint density at radius 1 is 1.33 bits per heavy atom. The predicted octanol–water partition coefficient (Wildman–Crippen LogP) is 4.65. The van der Waals surface area contributed by atoms with Crippen LogP contribution in [0, 0.1) is 10.1 Å². The molecule has 0 amide bonds. The molecule has 1 N–H and O–H groups in total. The number of non-ortho nitro benzene ring substituents is 1. The van der Waals surface area contributed by atoms with E-state index in [9.17, 15) is 10.1 Å². The molecular weight excluding hydrogens is 324 g/mol. The van der Waals surface area contributed by atoms with Crippen molar-refractivity contribution in [2.45, 2.75) is 31.7 Å². The number of rotatable bonds is 5. The third-order valence-corrected chi connectivity index (χ3v) is 5.30. The molecule has 7 heteroatoms. The molecule has 1 aliphatic carbocycles. The van der Waals surface area contributed by atoms with Crippen LogP contribution in [0.4, 0.5) is 11.4 Å². The fourth-order valence-corrected chi connectivity index (χ4v) is 3.87. The molecule has 1 aromatic carbocycles. The summed E-state index contributed by atoms with van der Waals surface area (Å²) in [5, 5.41) is 19.3. The number of thiazole rings is 1. The van der Waals surface area contributed by atoms with Gasteiger partial charge in [0.25, 0.3) is 5.69 Å². The minimum absolute atomic E-state index is 0.0339. The highest BCUT2D eigenvalue weighted by Crippen LogP contribution is 2.42. The molecule has 0 spiro atoms. The van der Waals surface area contributed by atoms with Gasteiger partial charge >= 0.3 is 0 Å². The lowest BCUT2D eigenvalue weighted by Crippen LogP contribution is -2.08. The van der Waals surface area contributed by atoms with Crippen LogP contribution < -0.4 is 5.32 Å². The highest BCUT2D eigenvalue weighted by Gasteiger charge is 2.27. The second kappa shape index (κ2) is 5.83. The zero-order valence-corrected chi connectivity index (χ0v) is 13.9. The highest BCUT2D eigenvalue weighted by molar-refractivity contribution is 7.09. The third-order valence-electron chi connectivity index (χ3n) is 4.27. The summed E-state index contributed by atoms with van der Waals surface area (Å²) in [5.74, 6) is 0.655. The first-order chi connectivity index (χ1) is 11.6. The van der Waals surface area contributed by atoms with Crippen molar-refractivity contribution in [2.24, 2.45) is 0 Å². The van der Waals surface area contributed by atoms with Gasteiger partial charge in [-0.1, -0.05) is 0 Å². The smallest absolute Gasteiger partial charge is 0.278 e. The predicted molar refractivity (Wildman–Crippen MR) is 94.5 cm³/mol. The Morgan fingerprint density at radius 2 is 2.17 bits per heavy atom. The standard InChI is InChI=1S/C17H16N4O2S/c1-10(15-9-24-17(20-15)11-2-3-11)19-14-4-5-16(21(22)23)13-8-18-7-6-12(13)14/h4-11,19H,2-3H2,1H3. The van der Waals surface area contributed by atoms with Crippen LogP contribution in [0.15, 0.2) is 36.0 Å². The van der Waals surface area contributed by atoms with E-state index in [4.69, 9.17) is 4.98 Å². The van der Waals surface area contributed by atoms with Gasteiger partial charge in [0.2, 0.25) is 0 Å². The number of fused-ring (bicyclic) bond motifs is 1. The Bertz CT molecular complexity index is 920. The van der Waals surface area contributed by atoms with Gasteiger partial charge in [-0.3, -0.25) is 15.1 Å². The molecule has 2 heterocycles. The Kier molecular flexibility index (Phi) is 3.65. The molecule has 4 rings (SSSR count). The molecule has 6 nitrogen and oxygen atoms in total. The zero-order chi connectivity index (χ0) is 16.7. The monoisotopic (exact) mass is 340 g/mol. The largest absolute Gasteiger partial charge is 0.376 e. The summed E-state index contributed by atoms with van der Waals surface area (Å²) in [6.07, 6.45) is 5.68. The summed E-state index contributed by atoms with van der Waals surface area (Å²) in [7, 11) is 0. The number of anilines is 1. The van der Waals surface area contributed by atoms with Gasteiger partial charge in [-0.2, -0.15) is 0 Å². The minimum Gasteiger partial charge on any atom is -0.376 e. The second-order valence-electron chi connectivity index (χ2n) is 6.06. The first-order valence-electron chi connectivity index (χ1n) is 7.86. The molecule has 0 aliphatic heterocycles. The molecule has 1 fully saturated rings. The SMILES string of the molecule is CC(Nc1ccc([N+](=O)[O-])c2cnccc12)c1csc(C2CC2)n1. The van der Waals surface area contributed by atoms with E-state index in [0.29, 0.717) is 11.3 Å². The molecular formula is C17H16N4O2S. The van der Waals surface area contributed by atoms with Crippen molar-refractivity contribution in [3.8, 4) is 0 Å². The summed E-state index contributed by atoms with van der Waals surface area (Å²) in [4.78, 5) is 19.6. The van der Waals surface area contributed by atoms with Gasteiger partial charge in [-0.05, 0) is 31.9 Å². The molecule has 122 valence electrons. The van der Waals surface area contributed by atoms with Crippen LogP contribution >= 0.6 is 11.3 Å². The van der Waals surface area contributed by atoms with Crippen LogP contribution in [0.2, 0.25) is 0 Å². The van der Waals surface area contributed by atoms with Gasteiger partial charge in [0, 0.05) is 40.8 Å². The molecule has 0 saturated heterocycles. The van der Waals surface area contributed by atoms with Crippen molar-refractivity contribution >= 4 is 33.5 Å². The zero-order valence-electron chi connectivity index (χ0n) is 13.1. The van der Waals surface area contributed by atoms with Crippen LogP contribution in [0.1, 0.15) is 42.4 Å². The average Bonchev–Trinajstić information content (AvgIpc) is 3.31. The van der Waals surface area contributed by atoms with Crippen molar-refractivity contribution in [3.05, 3.63) is 56.8 Å². The van der Waals surface area contributed by atoms with Crippen molar-refractivity contribution in [1.82, 2.24) is 9.97 Å². The molecule has 0 radical (unpaired) electrons. The first kappa shape index (κ1) is 15.0. The number of nitro benzene ring substituents is 1. The van der Waals surface area contributed by atoms with Gasteiger partial charge < -0.3 is 5.32 Å². The topological polar surface area (TPSA) is 81.0 Å². The summed E-state index contributed by atoms with van der Waals surface area (Å²) >= 11 is 1.72. The Balaban J connectivity index is 1.66. The van der Waals surface area contributed by atoms with Crippen LogP contribution in [0.5, 0.6) is 0 Å². The van der Waals surface area contributed by atoms with E-state index in [1.54, 1.807) is 29.7 Å². The summed E-state index contributed by atoms with van der Waals surface area (Å²) in [6, 6.07) is 5.11. The van der Waals surface area contributed by atoms with Gasteiger partial charge in [-0.25, -0.2) is 4.98 Å². The fraction of sp³-hybridized carbons (Fsp3) is 0.294. The van der Waals surface area contributed by atoms with E-state index in [0.717, 1.165) is 16.8 Å². The van der Waals surface area contributed by atoms with Gasteiger partial charge in [0.05, 0.1) is 27.1 Å². The van der Waals surface area contributed by atoms with Crippen LogP contribution in [-0.4, -0.2) is 14.9 Å². The number of nitrogens with zero attached hydrogens (tertiary/aromatic N) is 3. The molecule has 3 aromatic rings. The van der Waals surface area contributed by atoms with Crippen LogP contribution in [0.25, 0.3) is 10.8 Å². The number of aromatic nitrogens is 2. The quantitative estimate of drug-likeness (QED) is 0.540. The number of hydrogen-bond acceptors (Lipinski definition) is 6. The molecule has 1 aliphatic rings. The van der Waals surface area contributed by atoms with E-state index in [-0.39, 0.29) is 16.7 Å². The van der Waals surface area contributed by atoms with Gasteiger partial charge in [0.1, 0.15) is 0 Å². The highest BCUT2D eigenvalue weighted by atomic mass is 32.1. The number of benzene rings is 1. The number of pyridine rings is 1. The minimum atomic E-state index is -0.375. The second-order valence-corrected chi connectivity index (χ2v) is 6.95. The fourth-order valence-electron chi connectivity index (χ4n) is 2.78. The van der Waals surface area contributed by atoms with Gasteiger partial charge in [-0.15, -0.1) is 11.3 Å². The van der Waals surface area contributed by atoms with E-state index >= 15 is 0 Å². The Hall–Kier alpha value is -2.54. The molecule has 1 unspecified atom stereocenters. The van der Waals surface area contributed by atoms with Crippen molar-refractivity contribution in [2.75, 3.05) is 5.32 Å². The molecule has 2 aromatic heterocycles. The van der Waals surface area contributed by atoms with E-state index in [1.807, 2.05) is 0 Å². The normalized spacial score (nSPS) is 15.4. The number of nitrogens with one attached hydrogen (secondary N) is 1. The molecule has 1 atom stereocenters. The lowest BCUT2D eigenvalue weighted by atomic mass is 10.1. The number of hydrogen-bond donors (Lipinski definition) is 1. The van der Waals surface area contributed by atoms with E-state index in [1.165, 1.54) is 30.1 Å². The maximum atomic E-state index is 11.2. The van der Waals surface area contributed by atoms with Crippen molar-refractivity contribution in [1.29, 1.82) is 0 Å². The lowest BCUT2D eigenvalue weighted by molar-refractivity contribution is -0.383. The lowest BCUT2D eigenvalue weighted by Gasteiger charge is -2.15. The molecule has 24 heavy (non-hydrogen) atoms. The maximum absolute atomic E-state index is 11.2. The average molecular weight is 340 g/mol.